The van der Waals surface area contributed by atoms with E-state index >= 15 is 0 Å². The molecular formula is C16H23FN6. The summed E-state index contributed by atoms with van der Waals surface area (Å²) >= 11 is 0. The molecule has 0 atom stereocenters. The molecule has 0 bridgehead atoms. The second kappa shape index (κ2) is 8.87. The summed E-state index contributed by atoms with van der Waals surface area (Å²) in [6.45, 7) is 6.86. The van der Waals surface area contributed by atoms with E-state index in [0.29, 0.717) is 6.54 Å². The molecule has 0 aliphatic rings. The number of rotatable bonds is 7. The van der Waals surface area contributed by atoms with E-state index in [2.05, 4.69) is 32.7 Å². The highest BCUT2D eigenvalue weighted by atomic mass is 19.1. The fourth-order valence-corrected chi connectivity index (χ4v) is 2.14. The van der Waals surface area contributed by atoms with Gasteiger partial charge in [0.15, 0.2) is 5.96 Å². The largest absolute Gasteiger partial charge is 0.357 e. The third-order valence-electron chi connectivity index (χ3n) is 3.33. The molecule has 0 amide bonds. The molecule has 23 heavy (non-hydrogen) atoms. The smallest absolute Gasteiger partial charge is 0.191 e. The summed E-state index contributed by atoms with van der Waals surface area (Å²) in [7, 11) is 0. The molecule has 0 aliphatic heterocycles. The van der Waals surface area contributed by atoms with Crippen molar-refractivity contribution < 1.29 is 4.39 Å². The Morgan fingerprint density at radius 2 is 2.00 bits per heavy atom. The Hall–Kier alpha value is -2.44. The normalized spacial score (nSPS) is 11.5. The molecule has 0 fully saturated rings. The van der Waals surface area contributed by atoms with Gasteiger partial charge < -0.3 is 15.2 Å². The molecule has 2 rings (SSSR count). The summed E-state index contributed by atoms with van der Waals surface area (Å²) in [5.74, 6) is 1.48. The van der Waals surface area contributed by atoms with Crippen molar-refractivity contribution in [3.63, 3.8) is 0 Å². The average molecular weight is 318 g/mol. The summed E-state index contributed by atoms with van der Waals surface area (Å²) < 4.78 is 14.9. The van der Waals surface area contributed by atoms with Crippen molar-refractivity contribution in [3.05, 3.63) is 47.8 Å². The van der Waals surface area contributed by atoms with Crippen molar-refractivity contribution in [2.24, 2.45) is 4.99 Å². The monoisotopic (exact) mass is 318 g/mol. The lowest BCUT2D eigenvalue weighted by Gasteiger charge is -2.12. The van der Waals surface area contributed by atoms with Crippen LogP contribution in [-0.2, 0) is 19.5 Å². The standard InChI is InChI=1S/C16H23FN6/c1-3-15-22-21-12-23(15)10-9-19-16(18-4-2)20-11-13-5-7-14(17)8-6-13/h5-8,12H,3-4,9-11H2,1-2H3,(H2,18,19,20). The second-order valence-electron chi connectivity index (χ2n) is 5.04. The maximum atomic E-state index is 12.9. The van der Waals surface area contributed by atoms with Gasteiger partial charge in [-0.15, -0.1) is 10.2 Å². The van der Waals surface area contributed by atoms with Crippen LogP contribution in [0.4, 0.5) is 4.39 Å². The van der Waals surface area contributed by atoms with E-state index < -0.39 is 0 Å². The summed E-state index contributed by atoms with van der Waals surface area (Å²) in [4.78, 5) is 4.51. The first-order valence-electron chi connectivity index (χ1n) is 7.86. The second-order valence-corrected chi connectivity index (χ2v) is 5.04. The zero-order valence-corrected chi connectivity index (χ0v) is 13.6. The van der Waals surface area contributed by atoms with Gasteiger partial charge >= 0.3 is 0 Å². The Morgan fingerprint density at radius 1 is 1.22 bits per heavy atom. The summed E-state index contributed by atoms with van der Waals surface area (Å²) in [5, 5.41) is 14.5. The fraction of sp³-hybridized carbons (Fsp3) is 0.438. The van der Waals surface area contributed by atoms with Crippen LogP contribution >= 0.6 is 0 Å². The number of nitrogens with zero attached hydrogens (tertiary/aromatic N) is 4. The highest BCUT2D eigenvalue weighted by Crippen LogP contribution is 2.03. The first-order chi connectivity index (χ1) is 11.2. The van der Waals surface area contributed by atoms with Crippen LogP contribution in [0.2, 0.25) is 0 Å². The van der Waals surface area contributed by atoms with Crippen LogP contribution in [0.3, 0.4) is 0 Å². The van der Waals surface area contributed by atoms with Gasteiger partial charge in [0.05, 0.1) is 6.54 Å². The minimum absolute atomic E-state index is 0.233. The van der Waals surface area contributed by atoms with Crippen molar-refractivity contribution in [2.45, 2.75) is 33.4 Å². The van der Waals surface area contributed by atoms with E-state index in [4.69, 9.17) is 0 Å². The van der Waals surface area contributed by atoms with Crippen LogP contribution in [0.15, 0.2) is 35.6 Å². The van der Waals surface area contributed by atoms with E-state index in [9.17, 15) is 4.39 Å². The third kappa shape index (κ3) is 5.36. The summed E-state index contributed by atoms with van der Waals surface area (Å²) in [6.07, 6.45) is 2.60. The lowest BCUT2D eigenvalue weighted by Crippen LogP contribution is -2.38. The molecule has 7 heteroatoms. The SMILES string of the molecule is CCNC(=NCc1ccc(F)cc1)NCCn1cnnc1CC. The molecule has 0 saturated carbocycles. The average Bonchev–Trinajstić information content (AvgIpc) is 3.01. The Kier molecular flexibility index (Phi) is 6.53. The third-order valence-corrected chi connectivity index (χ3v) is 3.33. The van der Waals surface area contributed by atoms with Gasteiger partial charge in [-0.1, -0.05) is 19.1 Å². The van der Waals surface area contributed by atoms with E-state index in [1.54, 1.807) is 18.5 Å². The molecule has 1 heterocycles. The Bertz CT molecular complexity index is 620. The summed E-state index contributed by atoms with van der Waals surface area (Å²) in [5.41, 5.74) is 0.968. The van der Waals surface area contributed by atoms with Crippen LogP contribution in [0.25, 0.3) is 0 Å². The number of aromatic nitrogens is 3. The van der Waals surface area contributed by atoms with E-state index in [1.807, 2.05) is 11.5 Å². The van der Waals surface area contributed by atoms with Crippen molar-refractivity contribution in [1.29, 1.82) is 0 Å². The molecule has 2 N–H and O–H groups in total. The molecule has 6 nitrogen and oxygen atoms in total. The Balaban J connectivity index is 1.87. The van der Waals surface area contributed by atoms with Gasteiger partial charge in [0.1, 0.15) is 18.0 Å². The van der Waals surface area contributed by atoms with Gasteiger partial charge in [0.2, 0.25) is 0 Å². The van der Waals surface area contributed by atoms with Gasteiger partial charge in [-0.05, 0) is 24.6 Å². The zero-order valence-electron chi connectivity index (χ0n) is 13.6. The van der Waals surface area contributed by atoms with Crippen LogP contribution < -0.4 is 10.6 Å². The maximum absolute atomic E-state index is 12.9. The molecule has 0 aliphatic carbocycles. The van der Waals surface area contributed by atoms with E-state index in [1.165, 1.54) is 12.1 Å². The highest BCUT2D eigenvalue weighted by molar-refractivity contribution is 5.79. The molecule has 1 aromatic heterocycles. The number of halogens is 1. The van der Waals surface area contributed by atoms with Crippen molar-refractivity contribution in [1.82, 2.24) is 25.4 Å². The van der Waals surface area contributed by atoms with Crippen LogP contribution in [0, 0.1) is 5.82 Å². The number of benzene rings is 1. The molecular weight excluding hydrogens is 295 g/mol. The molecule has 0 radical (unpaired) electrons. The number of guanidine groups is 1. The van der Waals surface area contributed by atoms with E-state index in [-0.39, 0.29) is 5.82 Å². The molecule has 0 spiro atoms. The first kappa shape index (κ1) is 16.9. The van der Waals surface area contributed by atoms with Crippen molar-refractivity contribution in [2.75, 3.05) is 13.1 Å². The minimum Gasteiger partial charge on any atom is -0.357 e. The highest BCUT2D eigenvalue weighted by Gasteiger charge is 2.02. The molecule has 124 valence electrons. The van der Waals surface area contributed by atoms with Crippen LogP contribution in [-0.4, -0.2) is 33.8 Å². The van der Waals surface area contributed by atoms with Gasteiger partial charge in [-0.25, -0.2) is 9.38 Å². The lowest BCUT2D eigenvalue weighted by atomic mass is 10.2. The van der Waals surface area contributed by atoms with Gasteiger partial charge in [-0.3, -0.25) is 0 Å². The maximum Gasteiger partial charge on any atom is 0.191 e. The van der Waals surface area contributed by atoms with Crippen molar-refractivity contribution >= 4 is 5.96 Å². The fourth-order valence-electron chi connectivity index (χ4n) is 2.14. The van der Waals surface area contributed by atoms with Crippen LogP contribution in [0.5, 0.6) is 0 Å². The Labute approximate surface area is 135 Å². The summed E-state index contributed by atoms with van der Waals surface area (Å²) in [6, 6.07) is 6.38. The van der Waals surface area contributed by atoms with Gasteiger partial charge in [-0.2, -0.15) is 0 Å². The number of aryl methyl sites for hydroxylation is 1. The minimum atomic E-state index is -0.233. The zero-order chi connectivity index (χ0) is 16.5. The van der Waals surface area contributed by atoms with Crippen molar-refractivity contribution in [3.8, 4) is 0 Å². The topological polar surface area (TPSA) is 67.1 Å². The quantitative estimate of drug-likeness (QED) is 0.603. The van der Waals surface area contributed by atoms with Gasteiger partial charge in [0.25, 0.3) is 0 Å². The number of hydrogen-bond acceptors (Lipinski definition) is 3. The predicted octanol–water partition coefficient (Wildman–Crippen LogP) is 1.73. The number of aliphatic imine (C=N–C) groups is 1. The molecule has 1 aromatic carbocycles. The molecule has 0 saturated heterocycles. The van der Waals surface area contributed by atoms with Crippen LogP contribution in [0.1, 0.15) is 25.2 Å². The predicted molar refractivity (Wildman–Crippen MR) is 88.6 cm³/mol. The lowest BCUT2D eigenvalue weighted by molar-refractivity contribution is 0.626. The van der Waals surface area contributed by atoms with Gasteiger partial charge in [0, 0.05) is 26.1 Å². The van der Waals surface area contributed by atoms with E-state index in [0.717, 1.165) is 43.4 Å². The molecule has 0 unspecified atom stereocenters. The number of nitrogens with one attached hydrogen (secondary N) is 2. The molecule has 2 aromatic rings. The Morgan fingerprint density at radius 3 is 2.70 bits per heavy atom. The first-order valence-corrected chi connectivity index (χ1v) is 7.86. The number of hydrogen-bond donors (Lipinski definition) is 2.